The first kappa shape index (κ1) is 7.98. The Labute approximate surface area is 61.9 Å². The summed E-state index contributed by atoms with van der Waals surface area (Å²) in [4.78, 5) is 2.13. The van der Waals surface area contributed by atoms with Crippen LogP contribution >= 0.6 is 0 Å². The summed E-state index contributed by atoms with van der Waals surface area (Å²) < 4.78 is 10.5. The first-order valence-electron chi connectivity index (χ1n) is 3.67. The number of rotatable bonds is 3. The van der Waals surface area contributed by atoms with Gasteiger partial charge < -0.3 is 14.4 Å². The Balaban J connectivity index is 2.01. The molecule has 0 aromatic carbocycles. The van der Waals surface area contributed by atoms with E-state index in [2.05, 4.69) is 19.0 Å². The fourth-order valence-electron chi connectivity index (χ4n) is 0.938. The van der Waals surface area contributed by atoms with E-state index in [9.17, 15) is 0 Å². The van der Waals surface area contributed by atoms with Crippen LogP contribution in [-0.4, -0.2) is 45.0 Å². The summed E-state index contributed by atoms with van der Waals surface area (Å²) in [7, 11) is 4.10. The van der Waals surface area contributed by atoms with Crippen LogP contribution in [0.25, 0.3) is 0 Å². The van der Waals surface area contributed by atoms with Crippen molar-refractivity contribution in [2.24, 2.45) is 0 Å². The van der Waals surface area contributed by atoms with Crippen molar-refractivity contribution in [3.05, 3.63) is 0 Å². The molecule has 10 heavy (non-hydrogen) atoms. The molecule has 0 aromatic rings. The van der Waals surface area contributed by atoms with Gasteiger partial charge in [-0.1, -0.05) is 0 Å². The molecule has 0 atom stereocenters. The summed E-state index contributed by atoms with van der Waals surface area (Å²) in [6, 6.07) is 0. The Kier molecular flexibility index (Phi) is 3.12. The zero-order valence-electron chi connectivity index (χ0n) is 6.67. The van der Waals surface area contributed by atoms with Crippen molar-refractivity contribution >= 4 is 0 Å². The van der Waals surface area contributed by atoms with Crippen LogP contribution in [0.4, 0.5) is 0 Å². The summed E-state index contributed by atoms with van der Waals surface area (Å²) in [5.74, 6) is 0. The molecule has 0 amide bonds. The van der Waals surface area contributed by atoms with E-state index in [1.54, 1.807) is 0 Å². The number of ether oxygens (including phenoxy) is 2. The first-order valence-corrected chi connectivity index (χ1v) is 3.67. The maximum atomic E-state index is 5.25. The maximum absolute atomic E-state index is 5.25. The van der Waals surface area contributed by atoms with Gasteiger partial charge in [0.2, 0.25) is 0 Å². The van der Waals surface area contributed by atoms with Crippen LogP contribution in [0.15, 0.2) is 0 Å². The van der Waals surface area contributed by atoms with Gasteiger partial charge in [0.25, 0.3) is 0 Å². The zero-order chi connectivity index (χ0) is 7.40. The monoisotopic (exact) mass is 145 g/mol. The SMILES string of the molecule is CN(C)CCC1OCCO1. The minimum Gasteiger partial charge on any atom is -0.350 e. The lowest BCUT2D eigenvalue weighted by Crippen LogP contribution is -2.19. The van der Waals surface area contributed by atoms with Gasteiger partial charge in [0.1, 0.15) is 0 Å². The molecular formula is C7H15NO2. The van der Waals surface area contributed by atoms with Crippen molar-refractivity contribution in [1.29, 1.82) is 0 Å². The Morgan fingerprint density at radius 2 is 1.90 bits per heavy atom. The van der Waals surface area contributed by atoms with Crippen molar-refractivity contribution in [1.82, 2.24) is 4.90 Å². The van der Waals surface area contributed by atoms with Gasteiger partial charge >= 0.3 is 0 Å². The molecule has 1 aliphatic rings. The molecule has 1 aliphatic heterocycles. The van der Waals surface area contributed by atoms with Gasteiger partial charge in [-0.15, -0.1) is 0 Å². The molecular weight excluding hydrogens is 130 g/mol. The van der Waals surface area contributed by atoms with Gasteiger partial charge in [-0.25, -0.2) is 0 Å². The van der Waals surface area contributed by atoms with Gasteiger partial charge in [-0.2, -0.15) is 0 Å². The molecule has 0 radical (unpaired) electrons. The van der Waals surface area contributed by atoms with E-state index in [-0.39, 0.29) is 6.29 Å². The molecule has 0 aromatic heterocycles. The van der Waals surface area contributed by atoms with E-state index < -0.39 is 0 Å². The highest BCUT2D eigenvalue weighted by Gasteiger charge is 2.14. The molecule has 0 saturated carbocycles. The fraction of sp³-hybridized carbons (Fsp3) is 1.00. The third-order valence-electron chi connectivity index (χ3n) is 1.50. The van der Waals surface area contributed by atoms with E-state index in [1.165, 1.54) is 0 Å². The summed E-state index contributed by atoms with van der Waals surface area (Å²) in [6.07, 6.45) is 1.04. The molecule has 0 N–H and O–H groups in total. The molecule has 0 unspecified atom stereocenters. The van der Waals surface area contributed by atoms with E-state index in [0.29, 0.717) is 0 Å². The maximum Gasteiger partial charge on any atom is 0.159 e. The van der Waals surface area contributed by atoms with Gasteiger partial charge in [0, 0.05) is 13.0 Å². The summed E-state index contributed by atoms with van der Waals surface area (Å²) >= 11 is 0. The van der Waals surface area contributed by atoms with Crippen molar-refractivity contribution in [3.8, 4) is 0 Å². The Morgan fingerprint density at radius 3 is 2.40 bits per heavy atom. The van der Waals surface area contributed by atoms with Crippen LogP contribution in [-0.2, 0) is 9.47 Å². The number of hydrogen-bond acceptors (Lipinski definition) is 3. The van der Waals surface area contributed by atoms with Crippen LogP contribution in [0.3, 0.4) is 0 Å². The number of hydrogen-bond donors (Lipinski definition) is 0. The largest absolute Gasteiger partial charge is 0.350 e. The zero-order valence-corrected chi connectivity index (χ0v) is 6.67. The minimum absolute atomic E-state index is 0.0578. The average molecular weight is 145 g/mol. The lowest BCUT2D eigenvalue weighted by atomic mass is 10.4. The normalized spacial score (nSPS) is 20.7. The van der Waals surface area contributed by atoms with Crippen molar-refractivity contribution in [2.45, 2.75) is 12.7 Å². The van der Waals surface area contributed by atoms with Crippen LogP contribution in [0, 0.1) is 0 Å². The average Bonchev–Trinajstić information content (AvgIpc) is 2.34. The highest BCUT2D eigenvalue weighted by atomic mass is 16.7. The molecule has 0 bridgehead atoms. The van der Waals surface area contributed by atoms with Crippen LogP contribution < -0.4 is 0 Å². The molecule has 60 valence electrons. The lowest BCUT2D eigenvalue weighted by Gasteiger charge is -2.12. The molecule has 3 heteroatoms. The Hall–Kier alpha value is -0.120. The predicted molar refractivity (Wildman–Crippen MR) is 38.9 cm³/mol. The second kappa shape index (κ2) is 3.91. The molecule has 1 heterocycles. The van der Waals surface area contributed by atoms with Crippen molar-refractivity contribution in [2.75, 3.05) is 33.9 Å². The highest BCUT2D eigenvalue weighted by molar-refractivity contribution is 4.54. The van der Waals surface area contributed by atoms with Crippen LogP contribution in [0.5, 0.6) is 0 Å². The van der Waals surface area contributed by atoms with Gasteiger partial charge in [0.05, 0.1) is 13.2 Å². The topological polar surface area (TPSA) is 21.7 Å². The van der Waals surface area contributed by atoms with Gasteiger partial charge in [0.15, 0.2) is 6.29 Å². The van der Waals surface area contributed by atoms with Gasteiger partial charge in [-0.3, -0.25) is 0 Å². The van der Waals surface area contributed by atoms with E-state index in [4.69, 9.17) is 9.47 Å². The molecule has 3 nitrogen and oxygen atoms in total. The number of nitrogens with zero attached hydrogens (tertiary/aromatic N) is 1. The quantitative estimate of drug-likeness (QED) is 0.570. The van der Waals surface area contributed by atoms with Crippen molar-refractivity contribution in [3.63, 3.8) is 0 Å². The second-order valence-corrected chi connectivity index (χ2v) is 2.76. The molecule has 0 aliphatic carbocycles. The first-order chi connectivity index (χ1) is 4.79. The third kappa shape index (κ3) is 2.64. The smallest absolute Gasteiger partial charge is 0.159 e. The summed E-state index contributed by atoms with van der Waals surface area (Å²) in [5, 5.41) is 0. The molecule has 1 fully saturated rings. The van der Waals surface area contributed by atoms with Gasteiger partial charge in [-0.05, 0) is 14.1 Å². The van der Waals surface area contributed by atoms with E-state index in [1.807, 2.05) is 0 Å². The Morgan fingerprint density at radius 1 is 1.30 bits per heavy atom. The highest BCUT2D eigenvalue weighted by Crippen LogP contribution is 2.07. The predicted octanol–water partition coefficient (Wildman–Crippen LogP) is 0.311. The fourth-order valence-corrected chi connectivity index (χ4v) is 0.938. The summed E-state index contributed by atoms with van der Waals surface area (Å²) in [6.45, 7) is 2.56. The standard InChI is InChI=1S/C7H15NO2/c1-8(2)4-3-7-9-5-6-10-7/h7H,3-6H2,1-2H3. The minimum atomic E-state index is 0.0578. The Bertz CT molecular complexity index is 89.6. The van der Waals surface area contributed by atoms with E-state index >= 15 is 0 Å². The van der Waals surface area contributed by atoms with Crippen LogP contribution in [0.1, 0.15) is 6.42 Å². The molecule has 0 spiro atoms. The molecule has 1 saturated heterocycles. The lowest BCUT2D eigenvalue weighted by molar-refractivity contribution is -0.0496. The van der Waals surface area contributed by atoms with Crippen LogP contribution in [0.2, 0.25) is 0 Å². The molecule has 1 rings (SSSR count). The second-order valence-electron chi connectivity index (χ2n) is 2.76. The van der Waals surface area contributed by atoms with Crippen molar-refractivity contribution < 1.29 is 9.47 Å². The third-order valence-corrected chi connectivity index (χ3v) is 1.50. The summed E-state index contributed by atoms with van der Waals surface area (Å²) in [5.41, 5.74) is 0. The van der Waals surface area contributed by atoms with E-state index in [0.717, 1.165) is 26.2 Å².